The fourth-order valence-electron chi connectivity index (χ4n) is 3.86. The predicted octanol–water partition coefficient (Wildman–Crippen LogP) is 2.18. The molecule has 0 saturated carbocycles. The van der Waals surface area contributed by atoms with Crippen LogP contribution >= 0.6 is 11.8 Å². The highest BCUT2D eigenvalue weighted by molar-refractivity contribution is 7.99. The van der Waals surface area contributed by atoms with Gasteiger partial charge in [0.1, 0.15) is 5.84 Å². The van der Waals surface area contributed by atoms with Crippen molar-refractivity contribution in [2.24, 2.45) is 10.7 Å². The van der Waals surface area contributed by atoms with E-state index in [0.29, 0.717) is 19.8 Å². The third kappa shape index (κ3) is 4.65. The number of piperazine rings is 1. The van der Waals surface area contributed by atoms with E-state index in [4.69, 9.17) is 20.6 Å². The zero-order valence-electron chi connectivity index (χ0n) is 16.5. The summed E-state index contributed by atoms with van der Waals surface area (Å²) < 4.78 is 5.45. The van der Waals surface area contributed by atoms with E-state index in [1.807, 2.05) is 6.07 Å². The smallest absolute Gasteiger partial charge is 0.137 e. The highest BCUT2D eigenvalue weighted by Gasteiger charge is 2.30. The zero-order valence-corrected chi connectivity index (χ0v) is 17.4. The molecule has 0 radical (unpaired) electrons. The number of para-hydroxylation sites is 1. The van der Waals surface area contributed by atoms with E-state index in [2.05, 4.69) is 52.3 Å². The van der Waals surface area contributed by atoms with Crippen molar-refractivity contribution in [1.29, 1.82) is 0 Å². The summed E-state index contributed by atoms with van der Waals surface area (Å²) in [5, 5.41) is 8.87. The third-order valence-corrected chi connectivity index (χ3v) is 6.52. The summed E-state index contributed by atoms with van der Waals surface area (Å²) in [5.74, 6) is 1.03. The first-order valence-corrected chi connectivity index (χ1v) is 10.9. The lowest BCUT2D eigenvalue weighted by atomic mass is 10.1. The van der Waals surface area contributed by atoms with Gasteiger partial charge in [-0.15, -0.1) is 0 Å². The maximum atomic E-state index is 8.87. The standard InChI is InChI=1S/C22H28N4O2S/c23-15-17-16-26(10-9-25(17)11-13-28-14-12-27)22-18-5-1-3-7-20(18)29-21-8-4-2-6-19(21)24-22/h1-8,17,27H,9-16,23H2. The molecule has 0 bridgehead atoms. The molecule has 29 heavy (non-hydrogen) atoms. The number of fused-ring (bicyclic) bond motifs is 2. The number of ether oxygens (including phenoxy) is 1. The van der Waals surface area contributed by atoms with Gasteiger partial charge in [-0.3, -0.25) is 4.90 Å². The van der Waals surface area contributed by atoms with Gasteiger partial charge >= 0.3 is 0 Å². The van der Waals surface area contributed by atoms with Gasteiger partial charge in [0.25, 0.3) is 0 Å². The number of hydrogen-bond acceptors (Lipinski definition) is 7. The van der Waals surface area contributed by atoms with Gasteiger partial charge in [0.2, 0.25) is 0 Å². The topological polar surface area (TPSA) is 74.3 Å². The van der Waals surface area contributed by atoms with Crippen LogP contribution < -0.4 is 5.73 Å². The first-order chi connectivity index (χ1) is 14.3. The number of benzene rings is 2. The van der Waals surface area contributed by atoms with Crippen molar-refractivity contribution >= 4 is 23.3 Å². The minimum atomic E-state index is 0.0623. The predicted molar refractivity (Wildman–Crippen MR) is 117 cm³/mol. The van der Waals surface area contributed by atoms with E-state index in [1.165, 1.54) is 15.4 Å². The summed E-state index contributed by atoms with van der Waals surface area (Å²) >= 11 is 1.78. The van der Waals surface area contributed by atoms with Crippen molar-refractivity contribution in [2.45, 2.75) is 15.8 Å². The number of nitrogens with two attached hydrogens (primary N) is 1. The normalized spacial score (nSPS) is 19.3. The molecule has 3 N–H and O–H groups in total. The molecule has 1 unspecified atom stereocenters. The molecule has 2 aliphatic heterocycles. The van der Waals surface area contributed by atoms with Gasteiger partial charge in [0.15, 0.2) is 0 Å². The van der Waals surface area contributed by atoms with Crippen molar-refractivity contribution in [2.75, 3.05) is 52.5 Å². The van der Waals surface area contributed by atoms with Crippen LogP contribution in [0.4, 0.5) is 5.69 Å². The summed E-state index contributed by atoms with van der Waals surface area (Å²) in [6, 6.07) is 17.1. The fourth-order valence-corrected chi connectivity index (χ4v) is 4.88. The molecule has 2 aromatic carbocycles. The van der Waals surface area contributed by atoms with Crippen molar-refractivity contribution in [3.63, 3.8) is 0 Å². The molecule has 2 heterocycles. The van der Waals surface area contributed by atoms with Gasteiger partial charge in [0.05, 0.1) is 25.5 Å². The van der Waals surface area contributed by atoms with Gasteiger partial charge in [-0.25, -0.2) is 4.99 Å². The largest absolute Gasteiger partial charge is 0.394 e. The SMILES string of the molecule is NCC1CN(C2=Nc3ccccc3Sc3ccccc32)CCN1CCOCCO. The summed E-state index contributed by atoms with van der Waals surface area (Å²) in [7, 11) is 0. The highest BCUT2D eigenvalue weighted by atomic mass is 32.2. The second-order valence-corrected chi connectivity index (χ2v) is 8.29. The van der Waals surface area contributed by atoms with Crippen LogP contribution in [0.15, 0.2) is 63.3 Å². The number of nitrogens with zero attached hydrogens (tertiary/aromatic N) is 3. The summed E-state index contributed by atoms with van der Waals surface area (Å²) in [4.78, 5) is 12.3. The summed E-state index contributed by atoms with van der Waals surface area (Å²) in [6.45, 7) is 5.15. The van der Waals surface area contributed by atoms with E-state index < -0.39 is 0 Å². The Labute approximate surface area is 176 Å². The maximum absolute atomic E-state index is 8.87. The molecule has 1 atom stereocenters. The number of amidine groups is 1. The number of aliphatic hydroxyl groups is 1. The lowest BCUT2D eigenvalue weighted by Gasteiger charge is -2.42. The monoisotopic (exact) mass is 412 g/mol. The van der Waals surface area contributed by atoms with Crippen molar-refractivity contribution in [1.82, 2.24) is 9.80 Å². The Bertz CT molecular complexity index is 860. The molecule has 2 aromatic rings. The van der Waals surface area contributed by atoms with Crippen molar-refractivity contribution in [3.8, 4) is 0 Å². The van der Waals surface area contributed by atoms with Crippen LogP contribution in [-0.4, -0.2) is 79.3 Å². The third-order valence-electron chi connectivity index (χ3n) is 5.37. The Balaban J connectivity index is 1.56. The zero-order chi connectivity index (χ0) is 20.1. The quantitative estimate of drug-likeness (QED) is 0.709. The number of hydrogen-bond donors (Lipinski definition) is 2. The Morgan fingerprint density at radius 3 is 2.69 bits per heavy atom. The van der Waals surface area contributed by atoms with E-state index in [0.717, 1.165) is 37.7 Å². The molecule has 154 valence electrons. The van der Waals surface area contributed by atoms with E-state index >= 15 is 0 Å². The molecule has 1 fully saturated rings. The number of aliphatic hydroxyl groups excluding tert-OH is 1. The second-order valence-electron chi connectivity index (χ2n) is 7.21. The highest BCUT2D eigenvalue weighted by Crippen LogP contribution is 2.40. The van der Waals surface area contributed by atoms with Gasteiger partial charge in [-0.1, -0.05) is 42.1 Å². The van der Waals surface area contributed by atoms with E-state index in [-0.39, 0.29) is 12.6 Å². The van der Waals surface area contributed by atoms with Crippen LogP contribution in [0.2, 0.25) is 0 Å². The first kappa shape index (κ1) is 20.4. The van der Waals surface area contributed by atoms with Crippen LogP contribution in [0.3, 0.4) is 0 Å². The molecule has 7 heteroatoms. The molecule has 0 aromatic heterocycles. The lowest BCUT2D eigenvalue weighted by molar-refractivity contribution is 0.0467. The minimum absolute atomic E-state index is 0.0623. The lowest BCUT2D eigenvalue weighted by Crippen LogP contribution is -2.58. The molecular weight excluding hydrogens is 384 g/mol. The molecule has 1 saturated heterocycles. The Kier molecular flexibility index (Phi) is 6.84. The summed E-state index contributed by atoms with van der Waals surface area (Å²) in [6.07, 6.45) is 0. The average molecular weight is 413 g/mol. The van der Waals surface area contributed by atoms with Crippen molar-refractivity contribution < 1.29 is 9.84 Å². The Hall–Kier alpha value is -1.90. The van der Waals surface area contributed by atoms with Crippen molar-refractivity contribution in [3.05, 3.63) is 54.1 Å². The maximum Gasteiger partial charge on any atom is 0.137 e. The van der Waals surface area contributed by atoms with Crippen LogP contribution in [0.1, 0.15) is 5.56 Å². The van der Waals surface area contributed by atoms with Crippen LogP contribution in [-0.2, 0) is 4.74 Å². The number of rotatable bonds is 6. The van der Waals surface area contributed by atoms with Crippen LogP contribution in [0, 0.1) is 0 Å². The van der Waals surface area contributed by atoms with E-state index in [1.54, 1.807) is 11.8 Å². The summed E-state index contributed by atoms with van der Waals surface area (Å²) in [5.41, 5.74) is 8.33. The van der Waals surface area contributed by atoms with E-state index in [9.17, 15) is 0 Å². The van der Waals surface area contributed by atoms with Gasteiger partial charge in [-0.05, 0) is 18.2 Å². The molecule has 6 nitrogen and oxygen atoms in total. The number of aliphatic imine (C=N–C) groups is 1. The van der Waals surface area contributed by atoms with Gasteiger partial charge in [-0.2, -0.15) is 0 Å². The second kappa shape index (κ2) is 9.73. The molecule has 4 rings (SSSR count). The van der Waals surface area contributed by atoms with Gasteiger partial charge < -0.3 is 20.5 Å². The molecule has 0 amide bonds. The molecule has 0 spiro atoms. The molecule has 2 aliphatic rings. The average Bonchev–Trinajstić information content (AvgIpc) is 2.93. The van der Waals surface area contributed by atoms with Gasteiger partial charge in [0, 0.05) is 54.1 Å². The van der Waals surface area contributed by atoms with Crippen LogP contribution in [0.5, 0.6) is 0 Å². The Morgan fingerprint density at radius 1 is 1.07 bits per heavy atom. The molecule has 0 aliphatic carbocycles. The fraction of sp³-hybridized carbons (Fsp3) is 0.409. The first-order valence-electron chi connectivity index (χ1n) is 10.1. The van der Waals surface area contributed by atoms with Crippen LogP contribution in [0.25, 0.3) is 0 Å². The molecular formula is C22H28N4O2S. The Morgan fingerprint density at radius 2 is 1.86 bits per heavy atom. The minimum Gasteiger partial charge on any atom is -0.394 e.